The number of methoxy groups -OCH3 is 1. The van der Waals surface area contributed by atoms with Crippen LogP contribution in [-0.2, 0) is 4.74 Å². The van der Waals surface area contributed by atoms with Crippen molar-refractivity contribution in [2.45, 2.75) is 13.8 Å². The van der Waals surface area contributed by atoms with E-state index in [4.69, 9.17) is 4.74 Å². The van der Waals surface area contributed by atoms with Gasteiger partial charge in [0, 0.05) is 5.69 Å². The number of carbonyl (C=O) groups is 1. The molecule has 0 saturated carbocycles. The molecule has 18 heavy (non-hydrogen) atoms. The molecular weight excluding hydrogens is 226 g/mol. The van der Waals surface area contributed by atoms with Gasteiger partial charge in [-0.2, -0.15) is 0 Å². The normalized spacial score (nSPS) is 10.2. The Bertz CT molecular complexity index is 577. The van der Waals surface area contributed by atoms with Crippen LogP contribution in [-0.4, -0.2) is 18.1 Å². The van der Waals surface area contributed by atoms with E-state index < -0.39 is 5.97 Å². The van der Waals surface area contributed by atoms with Crippen molar-refractivity contribution < 1.29 is 9.53 Å². The van der Waals surface area contributed by atoms with E-state index in [1.165, 1.54) is 7.11 Å². The van der Waals surface area contributed by atoms with Crippen LogP contribution in [0.5, 0.6) is 0 Å². The number of ether oxygens (including phenoxy) is 1. The number of esters is 1. The standard InChI is InChI=1S/C15H15NO2/c1-10-11(2)16-14(15(17)18-3)9-13(10)12-7-5-4-6-8-12/h4-9H,1-3H3. The third-order valence-electron chi connectivity index (χ3n) is 3.00. The first-order valence-corrected chi connectivity index (χ1v) is 5.75. The minimum Gasteiger partial charge on any atom is -0.464 e. The number of pyridine rings is 1. The first kappa shape index (κ1) is 12.3. The average molecular weight is 241 g/mol. The van der Waals surface area contributed by atoms with Crippen molar-refractivity contribution in [2.75, 3.05) is 7.11 Å². The second-order valence-corrected chi connectivity index (χ2v) is 4.12. The number of hydrogen-bond donors (Lipinski definition) is 0. The maximum absolute atomic E-state index is 11.6. The summed E-state index contributed by atoms with van der Waals surface area (Å²) in [7, 11) is 1.36. The molecule has 0 amide bonds. The van der Waals surface area contributed by atoms with Crippen LogP contribution in [0.1, 0.15) is 21.7 Å². The van der Waals surface area contributed by atoms with Gasteiger partial charge in [-0.15, -0.1) is 0 Å². The maximum atomic E-state index is 11.6. The van der Waals surface area contributed by atoms with Crippen LogP contribution in [0, 0.1) is 13.8 Å². The molecule has 2 rings (SSSR count). The second kappa shape index (κ2) is 5.00. The van der Waals surface area contributed by atoms with Gasteiger partial charge in [-0.05, 0) is 36.6 Å². The van der Waals surface area contributed by atoms with Crippen LogP contribution in [0.3, 0.4) is 0 Å². The fourth-order valence-corrected chi connectivity index (χ4v) is 1.86. The van der Waals surface area contributed by atoms with Crippen LogP contribution < -0.4 is 0 Å². The van der Waals surface area contributed by atoms with Gasteiger partial charge in [-0.25, -0.2) is 9.78 Å². The van der Waals surface area contributed by atoms with E-state index >= 15 is 0 Å². The topological polar surface area (TPSA) is 39.2 Å². The molecule has 0 saturated heterocycles. The number of aryl methyl sites for hydroxylation is 1. The Kier molecular flexibility index (Phi) is 3.42. The number of aromatic nitrogens is 1. The van der Waals surface area contributed by atoms with Crippen molar-refractivity contribution in [1.82, 2.24) is 4.98 Å². The zero-order chi connectivity index (χ0) is 13.1. The van der Waals surface area contributed by atoms with Crippen LogP contribution >= 0.6 is 0 Å². The first-order valence-electron chi connectivity index (χ1n) is 5.75. The molecule has 0 atom stereocenters. The Morgan fingerprint density at radius 3 is 2.44 bits per heavy atom. The Morgan fingerprint density at radius 2 is 1.83 bits per heavy atom. The van der Waals surface area contributed by atoms with Gasteiger partial charge in [0.15, 0.2) is 0 Å². The van der Waals surface area contributed by atoms with E-state index in [0.717, 1.165) is 22.4 Å². The van der Waals surface area contributed by atoms with Crippen molar-refractivity contribution in [3.8, 4) is 11.1 Å². The number of hydrogen-bond acceptors (Lipinski definition) is 3. The predicted molar refractivity (Wildman–Crippen MR) is 70.5 cm³/mol. The molecule has 0 unspecified atom stereocenters. The smallest absolute Gasteiger partial charge is 0.356 e. The fraction of sp³-hybridized carbons (Fsp3) is 0.200. The summed E-state index contributed by atoms with van der Waals surface area (Å²) in [6, 6.07) is 11.7. The van der Waals surface area contributed by atoms with Gasteiger partial charge in [0.25, 0.3) is 0 Å². The maximum Gasteiger partial charge on any atom is 0.356 e. The van der Waals surface area contributed by atoms with E-state index in [1.54, 1.807) is 6.07 Å². The zero-order valence-corrected chi connectivity index (χ0v) is 10.7. The van der Waals surface area contributed by atoms with Crippen molar-refractivity contribution in [1.29, 1.82) is 0 Å². The average Bonchev–Trinajstić information content (AvgIpc) is 2.41. The van der Waals surface area contributed by atoms with Crippen LogP contribution in [0.25, 0.3) is 11.1 Å². The molecule has 92 valence electrons. The van der Waals surface area contributed by atoms with Gasteiger partial charge in [0.05, 0.1) is 7.11 Å². The molecule has 0 spiro atoms. The van der Waals surface area contributed by atoms with Crippen LogP contribution in [0.15, 0.2) is 36.4 Å². The molecule has 0 radical (unpaired) electrons. The Hall–Kier alpha value is -2.16. The first-order chi connectivity index (χ1) is 8.63. The molecule has 1 heterocycles. The molecule has 0 N–H and O–H groups in total. The Labute approximate surface area is 106 Å². The van der Waals surface area contributed by atoms with E-state index in [0.29, 0.717) is 5.69 Å². The summed E-state index contributed by atoms with van der Waals surface area (Å²) in [5, 5.41) is 0. The molecule has 0 bridgehead atoms. The molecule has 0 aliphatic heterocycles. The summed E-state index contributed by atoms with van der Waals surface area (Å²) >= 11 is 0. The summed E-state index contributed by atoms with van der Waals surface area (Å²) in [6.45, 7) is 3.90. The fourth-order valence-electron chi connectivity index (χ4n) is 1.86. The molecule has 0 aliphatic rings. The Morgan fingerprint density at radius 1 is 1.17 bits per heavy atom. The number of carbonyl (C=O) groups excluding carboxylic acids is 1. The minimum absolute atomic E-state index is 0.347. The largest absolute Gasteiger partial charge is 0.464 e. The molecule has 3 heteroatoms. The monoisotopic (exact) mass is 241 g/mol. The van der Waals surface area contributed by atoms with Gasteiger partial charge in [-0.1, -0.05) is 30.3 Å². The number of rotatable bonds is 2. The van der Waals surface area contributed by atoms with Crippen molar-refractivity contribution >= 4 is 5.97 Å². The molecule has 3 nitrogen and oxygen atoms in total. The minimum atomic E-state index is -0.407. The molecule has 2 aromatic rings. The lowest BCUT2D eigenvalue weighted by molar-refractivity contribution is 0.0594. The lowest BCUT2D eigenvalue weighted by Crippen LogP contribution is -2.07. The highest BCUT2D eigenvalue weighted by Crippen LogP contribution is 2.25. The quantitative estimate of drug-likeness (QED) is 0.758. The van der Waals surface area contributed by atoms with E-state index in [-0.39, 0.29) is 0 Å². The van der Waals surface area contributed by atoms with Crippen molar-refractivity contribution in [3.05, 3.63) is 53.3 Å². The van der Waals surface area contributed by atoms with Crippen LogP contribution in [0.4, 0.5) is 0 Å². The molecule has 0 fully saturated rings. The van der Waals surface area contributed by atoms with E-state index in [9.17, 15) is 4.79 Å². The third kappa shape index (κ3) is 2.25. The number of nitrogens with zero attached hydrogens (tertiary/aromatic N) is 1. The summed E-state index contributed by atoms with van der Waals surface area (Å²) in [6.07, 6.45) is 0. The zero-order valence-electron chi connectivity index (χ0n) is 10.7. The van der Waals surface area contributed by atoms with E-state index in [2.05, 4.69) is 4.98 Å². The van der Waals surface area contributed by atoms with Gasteiger partial charge in [0.1, 0.15) is 5.69 Å². The summed E-state index contributed by atoms with van der Waals surface area (Å²) in [4.78, 5) is 15.8. The van der Waals surface area contributed by atoms with Crippen molar-refractivity contribution in [3.63, 3.8) is 0 Å². The highest BCUT2D eigenvalue weighted by molar-refractivity contribution is 5.89. The summed E-state index contributed by atoms with van der Waals surface area (Å²) in [5.41, 5.74) is 4.36. The lowest BCUT2D eigenvalue weighted by atomic mass is 9.99. The molecular formula is C15H15NO2. The molecule has 0 aliphatic carbocycles. The third-order valence-corrected chi connectivity index (χ3v) is 3.00. The van der Waals surface area contributed by atoms with Gasteiger partial charge < -0.3 is 4.74 Å². The Balaban J connectivity index is 2.60. The number of benzene rings is 1. The second-order valence-electron chi connectivity index (χ2n) is 4.12. The van der Waals surface area contributed by atoms with Gasteiger partial charge >= 0.3 is 5.97 Å². The molecule has 1 aromatic heterocycles. The summed E-state index contributed by atoms with van der Waals surface area (Å²) < 4.78 is 4.72. The highest BCUT2D eigenvalue weighted by Gasteiger charge is 2.13. The summed E-state index contributed by atoms with van der Waals surface area (Å²) in [5.74, 6) is -0.407. The predicted octanol–water partition coefficient (Wildman–Crippen LogP) is 3.15. The van der Waals surface area contributed by atoms with Crippen LogP contribution in [0.2, 0.25) is 0 Å². The SMILES string of the molecule is COC(=O)c1cc(-c2ccccc2)c(C)c(C)n1. The highest BCUT2D eigenvalue weighted by atomic mass is 16.5. The van der Waals surface area contributed by atoms with Gasteiger partial charge in [-0.3, -0.25) is 0 Å². The molecule has 1 aromatic carbocycles. The van der Waals surface area contributed by atoms with Crippen molar-refractivity contribution in [2.24, 2.45) is 0 Å². The lowest BCUT2D eigenvalue weighted by Gasteiger charge is -2.10. The van der Waals surface area contributed by atoms with Gasteiger partial charge in [0.2, 0.25) is 0 Å². The van der Waals surface area contributed by atoms with E-state index in [1.807, 2.05) is 44.2 Å².